The molecule has 2 heterocycles. The molecule has 0 aliphatic heterocycles. The van der Waals surface area contributed by atoms with Crippen LogP contribution in [0.1, 0.15) is 27.4 Å². The minimum Gasteiger partial charge on any atom is -0.496 e. The Balaban J connectivity index is 1.52. The molecule has 3 aromatic rings. The number of methoxy groups -OCH3 is 1. The molecule has 0 radical (unpaired) electrons. The Kier molecular flexibility index (Phi) is 7.45. The molecule has 0 saturated carbocycles. The standard InChI is InChI=1S/C21H21N3O5S/c1-14-10-16(24-29-14)13-30-20-17(7-5-9-22-20)21(26)28-12-19(25)23-11-15-6-3-4-8-18(15)27-2/h3-10H,11-13H2,1-2H3,(H,23,25). The zero-order valence-electron chi connectivity index (χ0n) is 16.6. The minimum absolute atomic E-state index is 0.269. The summed E-state index contributed by atoms with van der Waals surface area (Å²) >= 11 is 1.34. The molecule has 0 aliphatic rings. The van der Waals surface area contributed by atoms with Crippen molar-refractivity contribution >= 4 is 23.6 Å². The molecular formula is C21H21N3O5S. The third-order valence-electron chi connectivity index (χ3n) is 4.03. The van der Waals surface area contributed by atoms with Crippen LogP contribution in [-0.4, -0.2) is 35.7 Å². The Morgan fingerprint density at radius 2 is 2.03 bits per heavy atom. The molecule has 9 heteroatoms. The average molecular weight is 427 g/mol. The number of hydrogen-bond donors (Lipinski definition) is 1. The largest absolute Gasteiger partial charge is 0.496 e. The fourth-order valence-corrected chi connectivity index (χ4v) is 3.46. The summed E-state index contributed by atoms with van der Waals surface area (Å²) in [6.45, 7) is 1.69. The molecule has 8 nitrogen and oxygen atoms in total. The predicted octanol–water partition coefficient (Wildman–Crippen LogP) is 3.15. The maximum absolute atomic E-state index is 12.5. The highest BCUT2D eigenvalue weighted by molar-refractivity contribution is 7.98. The lowest BCUT2D eigenvalue weighted by Crippen LogP contribution is -2.28. The number of benzene rings is 1. The monoisotopic (exact) mass is 427 g/mol. The van der Waals surface area contributed by atoms with Crippen LogP contribution in [0.3, 0.4) is 0 Å². The summed E-state index contributed by atoms with van der Waals surface area (Å²) in [5.74, 6) is 0.855. The lowest BCUT2D eigenvalue weighted by Gasteiger charge is -2.10. The van der Waals surface area contributed by atoms with Crippen LogP contribution in [0.2, 0.25) is 0 Å². The number of esters is 1. The summed E-state index contributed by atoms with van der Waals surface area (Å²) in [6, 6.07) is 12.4. The SMILES string of the molecule is COc1ccccc1CNC(=O)COC(=O)c1cccnc1SCc1cc(C)on1. The quantitative estimate of drug-likeness (QED) is 0.410. The van der Waals surface area contributed by atoms with E-state index in [0.717, 1.165) is 11.3 Å². The number of para-hydroxylation sites is 1. The van der Waals surface area contributed by atoms with Crippen LogP contribution in [0.5, 0.6) is 5.75 Å². The van der Waals surface area contributed by atoms with Gasteiger partial charge >= 0.3 is 5.97 Å². The number of pyridine rings is 1. The van der Waals surface area contributed by atoms with Crippen LogP contribution in [0.25, 0.3) is 0 Å². The molecule has 0 atom stereocenters. The zero-order chi connectivity index (χ0) is 21.3. The van der Waals surface area contributed by atoms with E-state index in [4.69, 9.17) is 14.0 Å². The summed E-state index contributed by atoms with van der Waals surface area (Å²) in [6.07, 6.45) is 1.59. The van der Waals surface area contributed by atoms with Gasteiger partial charge < -0.3 is 19.3 Å². The van der Waals surface area contributed by atoms with E-state index in [0.29, 0.717) is 27.9 Å². The highest BCUT2D eigenvalue weighted by Crippen LogP contribution is 2.24. The normalized spacial score (nSPS) is 10.5. The van der Waals surface area contributed by atoms with Crippen molar-refractivity contribution in [3.63, 3.8) is 0 Å². The molecule has 0 saturated heterocycles. The third kappa shape index (κ3) is 5.84. The van der Waals surface area contributed by atoms with Crippen LogP contribution in [0.4, 0.5) is 0 Å². The number of aryl methyl sites for hydroxylation is 1. The number of carbonyl (C=O) groups excluding carboxylic acids is 2. The Labute approximate surface area is 178 Å². The minimum atomic E-state index is -0.616. The van der Waals surface area contributed by atoms with Gasteiger partial charge in [0.05, 0.1) is 18.4 Å². The number of rotatable bonds is 9. The first kappa shape index (κ1) is 21.4. The maximum Gasteiger partial charge on any atom is 0.341 e. The number of amides is 1. The molecule has 0 aliphatic carbocycles. The molecule has 30 heavy (non-hydrogen) atoms. The molecule has 2 aromatic heterocycles. The van der Waals surface area contributed by atoms with E-state index < -0.39 is 18.5 Å². The Morgan fingerprint density at radius 3 is 2.80 bits per heavy atom. The lowest BCUT2D eigenvalue weighted by molar-refractivity contribution is -0.124. The number of hydrogen-bond acceptors (Lipinski definition) is 8. The number of aromatic nitrogens is 2. The third-order valence-corrected chi connectivity index (χ3v) is 5.07. The van der Waals surface area contributed by atoms with Crippen LogP contribution >= 0.6 is 11.8 Å². The van der Waals surface area contributed by atoms with Crippen molar-refractivity contribution in [2.45, 2.75) is 24.2 Å². The van der Waals surface area contributed by atoms with Crippen molar-refractivity contribution in [2.24, 2.45) is 0 Å². The van der Waals surface area contributed by atoms with Gasteiger partial charge in [0.25, 0.3) is 5.91 Å². The second kappa shape index (κ2) is 10.4. The van der Waals surface area contributed by atoms with Gasteiger partial charge in [0.15, 0.2) is 6.61 Å². The maximum atomic E-state index is 12.5. The zero-order valence-corrected chi connectivity index (χ0v) is 17.4. The lowest BCUT2D eigenvalue weighted by atomic mass is 10.2. The number of nitrogens with zero attached hydrogens (tertiary/aromatic N) is 2. The molecule has 1 aromatic carbocycles. The van der Waals surface area contributed by atoms with Gasteiger partial charge in [0.2, 0.25) is 0 Å². The van der Waals surface area contributed by atoms with E-state index in [1.807, 2.05) is 37.3 Å². The summed E-state index contributed by atoms with van der Waals surface area (Å²) in [5, 5.41) is 7.13. The van der Waals surface area contributed by atoms with Crippen molar-refractivity contribution in [2.75, 3.05) is 13.7 Å². The van der Waals surface area contributed by atoms with E-state index in [1.165, 1.54) is 11.8 Å². The first-order valence-electron chi connectivity index (χ1n) is 9.12. The van der Waals surface area contributed by atoms with Crippen molar-refractivity contribution < 1.29 is 23.6 Å². The summed E-state index contributed by atoms with van der Waals surface area (Å²) in [5.41, 5.74) is 1.87. The summed E-state index contributed by atoms with van der Waals surface area (Å²) in [7, 11) is 1.57. The highest BCUT2D eigenvalue weighted by Gasteiger charge is 2.16. The van der Waals surface area contributed by atoms with Crippen molar-refractivity contribution in [1.82, 2.24) is 15.5 Å². The summed E-state index contributed by atoms with van der Waals surface area (Å²) in [4.78, 5) is 28.8. The Morgan fingerprint density at radius 1 is 1.20 bits per heavy atom. The van der Waals surface area contributed by atoms with E-state index in [-0.39, 0.29) is 6.54 Å². The predicted molar refractivity (Wildman–Crippen MR) is 110 cm³/mol. The molecule has 3 rings (SSSR count). The molecular weight excluding hydrogens is 406 g/mol. The molecule has 0 spiro atoms. The number of nitrogens with one attached hydrogen (secondary N) is 1. The van der Waals surface area contributed by atoms with Crippen molar-refractivity contribution in [3.05, 3.63) is 71.2 Å². The topological polar surface area (TPSA) is 104 Å². The van der Waals surface area contributed by atoms with Gasteiger partial charge in [0, 0.05) is 30.1 Å². The van der Waals surface area contributed by atoms with Gasteiger partial charge in [-0.25, -0.2) is 9.78 Å². The fourth-order valence-electron chi connectivity index (χ4n) is 2.59. The van der Waals surface area contributed by atoms with E-state index in [9.17, 15) is 9.59 Å². The highest BCUT2D eigenvalue weighted by atomic mass is 32.2. The van der Waals surface area contributed by atoms with Gasteiger partial charge in [-0.05, 0) is 25.1 Å². The van der Waals surface area contributed by atoms with Crippen LogP contribution in [0, 0.1) is 6.92 Å². The van der Waals surface area contributed by atoms with E-state index >= 15 is 0 Å². The molecule has 0 unspecified atom stereocenters. The molecule has 0 fully saturated rings. The van der Waals surface area contributed by atoms with Gasteiger partial charge in [-0.2, -0.15) is 0 Å². The van der Waals surface area contributed by atoms with Gasteiger partial charge in [-0.15, -0.1) is 0 Å². The van der Waals surface area contributed by atoms with Crippen molar-refractivity contribution in [3.8, 4) is 5.75 Å². The van der Waals surface area contributed by atoms with Gasteiger partial charge in [-0.3, -0.25) is 4.79 Å². The fraction of sp³-hybridized carbons (Fsp3) is 0.238. The molecule has 0 bridgehead atoms. The second-order valence-corrected chi connectivity index (χ2v) is 7.20. The number of ether oxygens (including phenoxy) is 2. The smallest absolute Gasteiger partial charge is 0.341 e. The first-order chi connectivity index (χ1) is 14.6. The Hall–Kier alpha value is -3.33. The van der Waals surface area contributed by atoms with E-state index in [1.54, 1.807) is 25.4 Å². The molecule has 156 valence electrons. The average Bonchev–Trinajstić information content (AvgIpc) is 3.20. The van der Waals surface area contributed by atoms with Crippen LogP contribution in [0.15, 0.2) is 58.2 Å². The number of thioether (sulfide) groups is 1. The second-order valence-electron chi connectivity index (χ2n) is 6.24. The first-order valence-corrected chi connectivity index (χ1v) is 10.1. The molecule has 1 N–H and O–H groups in total. The molecule has 1 amide bonds. The summed E-state index contributed by atoms with van der Waals surface area (Å²) < 4.78 is 15.4. The van der Waals surface area contributed by atoms with Gasteiger partial charge in [0.1, 0.15) is 16.5 Å². The van der Waals surface area contributed by atoms with E-state index in [2.05, 4.69) is 15.5 Å². The Bertz CT molecular complexity index is 1020. The van der Waals surface area contributed by atoms with Gasteiger partial charge in [-0.1, -0.05) is 35.1 Å². The van der Waals surface area contributed by atoms with Crippen molar-refractivity contribution in [1.29, 1.82) is 0 Å². The van der Waals surface area contributed by atoms with Crippen LogP contribution < -0.4 is 10.1 Å². The number of carbonyl (C=O) groups is 2. The van der Waals surface area contributed by atoms with Crippen LogP contribution in [-0.2, 0) is 21.8 Å².